The lowest BCUT2D eigenvalue weighted by Crippen LogP contribution is -1.98. The first-order chi connectivity index (χ1) is 9.42. The zero-order valence-corrected chi connectivity index (χ0v) is 11.7. The Bertz CT molecular complexity index is 739. The van der Waals surface area contributed by atoms with Gasteiger partial charge in [0.1, 0.15) is 22.6 Å². The molecule has 1 heterocycles. The van der Waals surface area contributed by atoms with Gasteiger partial charge in [0.05, 0.1) is 15.5 Å². The molecule has 0 atom stereocenters. The lowest BCUT2D eigenvalue weighted by Gasteiger charge is -2.06. The second-order valence-corrected chi connectivity index (χ2v) is 5.54. The lowest BCUT2D eigenvalue weighted by atomic mass is 10.2. The molecule has 0 aliphatic carbocycles. The maximum absolute atomic E-state index is 13.5. The molecule has 102 valence electrons. The number of nitrogens with zero attached hydrogens (tertiary/aromatic N) is 2. The van der Waals surface area contributed by atoms with E-state index in [9.17, 15) is 14.5 Å². The molecule has 0 radical (unpaired) electrons. The number of hydrogen-bond donors (Lipinski definition) is 1. The van der Waals surface area contributed by atoms with Gasteiger partial charge in [0.25, 0.3) is 5.69 Å². The molecule has 0 unspecified atom stereocenters. The van der Waals surface area contributed by atoms with Crippen LogP contribution in [0.1, 0.15) is 10.4 Å². The number of aryl methyl sites for hydroxylation is 1. The van der Waals surface area contributed by atoms with Crippen molar-refractivity contribution < 1.29 is 9.31 Å². The monoisotopic (exact) mass is 311 g/mol. The van der Waals surface area contributed by atoms with Gasteiger partial charge >= 0.3 is 0 Å². The molecular weight excluding hydrogens is 305 g/mol. The van der Waals surface area contributed by atoms with Crippen LogP contribution in [0.2, 0.25) is 5.02 Å². The minimum Gasteiger partial charge on any atom is -0.340 e. The van der Waals surface area contributed by atoms with E-state index in [1.54, 1.807) is 13.0 Å². The molecule has 1 N–H and O–H groups in total. The van der Waals surface area contributed by atoms with Crippen LogP contribution in [0.3, 0.4) is 0 Å². The van der Waals surface area contributed by atoms with Gasteiger partial charge in [-0.2, -0.15) is 5.26 Å². The number of nitriles is 1. The molecule has 0 fully saturated rings. The van der Waals surface area contributed by atoms with E-state index in [2.05, 4.69) is 5.32 Å². The maximum Gasteiger partial charge on any atom is 0.294 e. The Hall–Kier alpha value is -2.17. The highest BCUT2D eigenvalue weighted by atomic mass is 35.5. The number of nitro groups is 1. The van der Waals surface area contributed by atoms with Crippen molar-refractivity contribution in [1.82, 2.24) is 0 Å². The highest BCUT2D eigenvalue weighted by Crippen LogP contribution is 2.36. The van der Waals surface area contributed by atoms with Gasteiger partial charge in [-0.25, -0.2) is 4.39 Å². The molecule has 1 aromatic carbocycles. The number of anilines is 2. The molecule has 0 saturated heterocycles. The summed E-state index contributed by atoms with van der Waals surface area (Å²) in [5.41, 5.74) is -0.0567. The molecule has 2 rings (SSSR count). The quantitative estimate of drug-likeness (QED) is 0.674. The van der Waals surface area contributed by atoms with Gasteiger partial charge in [-0.1, -0.05) is 11.6 Å². The maximum atomic E-state index is 13.5. The molecule has 1 aromatic heterocycles. The number of benzene rings is 1. The van der Waals surface area contributed by atoms with E-state index < -0.39 is 10.7 Å². The van der Waals surface area contributed by atoms with E-state index >= 15 is 0 Å². The zero-order valence-electron chi connectivity index (χ0n) is 10.1. The van der Waals surface area contributed by atoms with E-state index in [1.807, 2.05) is 6.07 Å². The number of rotatable bonds is 3. The van der Waals surface area contributed by atoms with Crippen LogP contribution in [0.15, 0.2) is 18.2 Å². The van der Waals surface area contributed by atoms with Crippen LogP contribution in [0.5, 0.6) is 0 Å². The summed E-state index contributed by atoms with van der Waals surface area (Å²) in [5.74, 6) is -0.772. The number of hydrogen-bond acceptors (Lipinski definition) is 5. The summed E-state index contributed by atoms with van der Waals surface area (Å²) in [7, 11) is 0. The number of thiophene rings is 1. The minimum atomic E-state index is -0.772. The van der Waals surface area contributed by atoms with E-state index in [-0.39, 0.29) is 16.4 Å². The Morgan fingerprint density at radius 1 is 1.50 bits per heavy atom. The molecule has 0 aliphatic rings. The first kappa shape index (κ1) is 14.2. The van der Waals surface area contributed by atoms with Gasteiger partial charge in [0.2, 0.25) is 0 Å². The third kappa shape index (κ3) is 2.71. The summed E-state index contributed by atoms with van der Waals surface area (Å²) in [6.45, 7) is 1.80. The molecule has 20 heavy (non-hydrogen) atoms. The van der Waals surface area contributed by atoms with Crippen molar-refractivity contribution in [3.05, 3.63) is 49.6 Å². The standard InChI is InChI=1S/C12H7ClFN3O2S/c1-6-2-7(5-15)12(20-6)16-10-4-9(14)8(13)3-11(10)17(18)19/h2-4,16H,1H3. The van der Waals surface area contributed by atoms with E-state index in [0.29, 0.717) is 10.6 Å². The smallest absolute Gasteiger partial charge is 0.294 e. The summed E-state index contributed by atoms with van der Waals surface area (Å²) < 4.78 is 13.5. The van der Waals surface area contributed by atoms with E-state index in [1.165, 1.54) is 11.3 Å². The average molecular weight is 312 g/mol. The van der Waals surface area contributed by atoms with E-state index in [4.69, 9.17) is 16.9 Å². The van der Waals surface area contributed by atoms with Crippen LogP contribution in [0, 0.1) is 34.2 Å². The Balaban J connectivity index is 2.50. The van der Waals surface area contributed by atoms with Gasteiger partial charge < -0.3 is 5.32 Å². The average Bonchev–Trinajstić information content (AvgIpc) is 2.73. The van der Waals surface area contributed by atoms with Crippen molar-refractivity contribution in [1.29, 1.82) is 5.26 Å². The van der Waals surface area contributed by atoms with Crippen molar-refractivity contribution in [2.45, 2.75) is 6.92 Å². The predicted molar refractivity (Wildman–Crippen MR) is 75.1 cm³/mol. The second kappa shape index (κ2) is 5.45. The summed E-state index contributed by atoms with van der Waals surface area (Å²) in [6, 6.07) is 5.49. The molecule has 5 nitrogen and oxygen atoms in total. The van der Waals surface area contributed by atoms with Crippen molar-refractivity contribution in [2.75, 3.05) is 5.32 Å². The van der Waals surface area contributed by atoms with E-state index in [0.717, 1.165) is 17.0 Å². The minimum absolute atomic E-state index is 0.0461. The summed E-state index contributed by atoms with van der Waals surface area (Å²) >= 11 is 6.79. The van der Waals surface area contributed by atoms with Crippen LogP contribution < -0.4 is 5.32 Å². The molecule has 0 saturated carbocycles. The Morgan fingerprint density at radius 3 is 2.80 bits per heavy atom. The fourth-order valence-electron chi connectivity index (χ4n) is 1.60. The SMILES string of the molecule is Cc1cc(C#N)c(Nc2cc(F)c(Cl)cc2[N+](=O)[O-])s1. The molecule has 8 heteroatoms. The molecule has 0 amide bonds. The Labute approximate surface area is 122 Å². The van der Waals surface area contributed by atoms with Crippen molar-refractivity contribution in [3.63, 3.8) is 0 Å². The number of halogens is 2. The van der Waals surface area contributed by atoms with Crippen LogP contribution in [0.4, 0.5) is 20.8 Å². The summed E-state index contributed by atoms with van der Waals surface area (Å²) in [6.07, 6.45) is 0. The van der Waals surface area contributed by atoms with Crippen LogP contribution in [-0.2, 0) is 0 Å². The predicted octanol–water partition coefficient (Wildman–Crippen LogP) is 4.37. The second-order valence-electron chi connectivity index (χ2n) is 3.88. The zero-order chi connectivity index (χ0) is 14.9. The van der Waals surface area contributed by atoms with Gasteiger partial charge in [-0.3, -0.25) is 10.1 Å². The van der Waals surface area contributed by atoms with Gasteiger partial charge in [0, 0.05) is 17.0 Å². The highest BCUT2D eigenvalue weighted by Gasteiger charge is 2.19. The van der Waals surface area contributed by atoms with Crippen LogP contribution in [-0.4, -0.2) is 4.92 Å². The number of nitro benzene ring substituents is 1. The van der Waals surface area contributed by atoms with Gasteiger partial charge in [-0.15, -0.1) is 11.3 Å². The first-order valence-electron chi connectivity index (χ1n) is 5.33. The number of nitrogens with one attached hydrogen (secondary N) is 1. The Kier molecular flexibility index (Phi) is 3.88. The summed E-state index contributed by atoms with van der Waals surface area (Å²) in [5, 5.41) is 22.7. The van der Waals surface area contributed by atoms with Crippen LogP contribution >= 0.6 is 22.9 Å². The molecule has 0 aliphatic heterocycles. The third-order valence-electron chi connectivity index (χ3n) is 2.46. The fraction of sp³-hybridized carbons (Fsp3) is 0.0833. The van der Waals surface area contributed by atoms with Gasteiger partial charge in [0.15, 0.2) is 0 Å². The normalized spacial score (nSPS) is 10.1. The molecule has 0 bridgehead atoms. The lowest BCUT2D eigenvalue weighted by molar-refractivity contribution is -0.383. The van der Waals surface area contributed by atoms with Crippen molar-refractivity contribution >= 4 is 39.3 Å². The topological polar surface area (TPSA) is 79.0 Å². The third-order valence-corrected chi connectivity index (χ3v) is 3.71. The van der Waals surface area contributed by atoms with Crippen molar-refractivity contribution in [2.24, 2.45) is 0 Å². The van der Waals surface area contributed by atoms with Gasteiger partial charge in [-0.05, 0) is 13.0 Å². The molecule has 0 spiro atoms. The fourth-order valence-corrected chi connectivity index (χ4v) is 2.63. The molecule has 2 aromatic rings. The largest absolute Gasteiger partial charge is 0.340 e. The Morgan fingerprint density at radius 2 is 2.20 bits per heavy atom. The van der Waals surface area contributed by atoms with Crippen molar-refractivity contribution in [3.8, 4) is 6.07 Å². The summed E-state index contributed by atoms with van der Waals surface area (Å²) in [4.78, 5) is 11.2. The highest BCUT2D eigenvalue weighted by molar-refractivity contribution is 7.16. The first-order valence-corrected chi connectivity index (χ1v) is 6.53. The molecular formula is C12H7ClFN3O2S. The van der Waals surface area contributed by atoms with Crippen LogP contribution in [0.25, 0.3) is 0 Å².